The molecule has 0 saturated carbocycles. The third kappa shape index (κ3) is 3.53. The van der Waals surface area contributed by atoms with E-state index >= 15 is 0 Å². The average Bonchev–Trinajstić information content (AvgIpc) is 2.02. The summed E-state index contributed by atoms with van der Waals surface area (Å²) in [5.74, 6) is 0. The molecule has 1 unspecified atom stereocenters. The molecule has 0 amide bonds. The zero-order valence-electron chi connectivity index (χ0n) is 7.09. The predicted octanol–water partition coefficient (Wildman–Crippen LogP) is 2.94. The van der Waals surface area contributed by atoms with Crippen molar-refractivity contribution < 1.29 is 9.84 Å². The second kappa shape index (κ2) is 4.82. The fourth-order valence-corrected chi connectivity index (χ4v) is 1.58. The van der Waals surface area contributed by atoms with Crippen LogP contribution in [0.4, 0.5) is 0 Å². The van der Waals surface area contributed by atoms with Crippen LogP contribution in [0, 0.1) is 0 Å². The monoisotopic (exact) mass is 219 g/mol. The summed E-state index contributed by atoms with van der Waals surface area (Å²) in [6, 6.07) is 5.04. The smallest absolute Gasteiger partial charge is 0.195 e. The first-order chi connectivity index (χ1) is 6.11. The van der Waals surface area contributed by atoms with E-state index < -0.39 is 6.29 Å². The predicted molar refractivity (Wildman–Crippen MR) is 51.6 cm³/mol. The molecule has 0 fully saturated rings. The third-order valence-corrected chi connectivity index (χ3v) is 2.02. The van der Waals surface area contributed by atoms with Crippen LogP contribution in [-0.4, -0.2) is 13.4 Å². The summed E-state index contributed by atoms with van der Waals surface area (Å²) < 4.78 is 4.59. The maximum Gasteiger partial charge on any atom is 0.195 e. The van der Waals surface area contributed by atoms with E-state index in [-0.39, 0.29) is 6.42 Å². The molecule has 0 aliphatic carbocycles. The highest BCUT2D eigenvalue weighted by molar-refractivity contribution is 6.34. The van der Waals surface area contributed by atoms with Gasteiger partial charge in [0.25, 0.3) is 0 Å². The van der Waals surface area contributed by atoms with Gasteiger partial charge in [-0.25, -0.2) is 5.11 Å². The highest BCUT2D eigenvalue weighted by Gasteiger charge is 2.06. The minimum absolute atomic E-state index is 0.275. The normalized spacial score (nSPS) is 12.9. The van der Waals surface area contributed by atoms with Crippen molar-refractivity contribution in [2.45, 2.75) is 12.7 Å². The van der Waals surface area contributed by atoms with Gasteiger partial charge in [-0.3, -0.25) is 0 Å². The van der Waals surface area contributed by atoms with Gasteiger partial charge in [-0.05, 0) is 23.8 Å². The van der Waals surface area contributed by atoms with Gasteiger partial charge in [0.15, 0.2) is 6.29 Å². The number of benzene rings is 1. The van der Waals surface area contributed by atoms with E-state index in [1.54, 1.807) is 18.2 Å². The Hall–Kier alpha value is -0.280. The SMILES string of the molecule is COC([O])Cc1cc(Cl)cc(Cl)c1. The average molecular weight is 220 g/mol. The number of methoxy groups -OCH3 is 1. The summed E-state index contributed by atoms with van der Waals surface area (Å²) in [6.07, 6.45) is -0.786. The van der Waals surface area contributed by atoms with Crippen LogP contribution >= 0.6 is 23.2 Å². The molecule has 1 aromatic rings. The van der Waals surface area contributed by atoms with Gasteiger partial charge in [-0.1, -0.05) is 23.2 Å². The molecule has 0 bridgehead atoms. The number of hydrogen-bond acceptors (Lipinski definition) is 1. The quantitative estimate of drug-likeness (QED) is 0.720. The van der Waals surface area contributed by atoms with Crippen LogP contribution in [-0.2, 0) is 16.3 Å². The van der Waals surface area contributed by atoms with Crippen molar-refractivity contribution in [3.05, 3.63) is 33.8 Å². The molecule has 0 N–H and O–H groups in total. The standard InChI is InChI=1S/C9H9Cl2O2/c1-13-9(12)4-6-2-7(10)5-8(11)3-6/h2-3,5,9H,4H2,1H3. The molecule has 0 aromatic heterocycles. The first-order valence-corrected chi connectivity index (χ1v) is 4.51. The van der Waals surface area contributed by atoms with Crippen LogP contribution in [0.5, 0.6) is 0 Å². The van der Waals surface area contributed by atoms with Gasteiger partial charge < -0.3 is 4.74 Å². The van der Waals surface area contributed by atoms with Crippen molar-refractivity contribution in [3.63, 3.8) is 0 Å². The van der Waals surface area contributed by atoms with Crippen LogP contribution in [0.3, 0.4) is 0 Å². The van der Waals surface area contributed by atoms with E-state index in [1.165, 1.54) is 7.11 Å². The highest BCUT2D eigenvalue weighted by atomic mass is 35.5. The molecule has 1 aromatic carbocycles. The molecule has 0 saturated heterocycles. The van der Waals surface area contributed by atoms with E-state index in [0.29, 0.717) is 10.0 Å². The van der Waals surface area contributed by atoms with Crippen molar-refractivity contribution in [1.82, 2.24) is 0 Å². The molecule has 2 nitrogen and oxygen atoms in total. The molecule has 1 radical (unpaired) electrons. The van der Waals surface area contributed by atoms with Crippen LogP contribution in [0.2, 0.25) is 10.0 Å². The topological polar surface area (TPSA) is 29.1 Å². The Morgan fingerprint density at radius 1 is 1.31 bits per heavy atom. The van der Waals surface area contributed by atoms with E-state index in [0.717, 1.165) is 5.56 Å². The van der Waals surface area contributed by atoms with Gasteiger partial charge in [-0.2, -0.15) is 0 Å². The van der Waals surface area contributed by atoms with Crippen LogP contribution in [0.25, 0.3) is 0 Å². The van der Waals surface area contributed by atoms with E-state index in [9.17, 15) is 5.11 Å². The minimum Gasteiger partial charge on any atom is -0.353 e. The van der Waals surface area contributed by atoms with Crippen molar-refractivity contribution in [3.8, 4) is 0 Å². The summed E-state index contributed by atoms with van der Waals surface area (Å²) >= 11 is 11.5. The van der Waals surface area contributed by atoms with Crippen molar-refractivity contribution in [2.75, 3.05) is 7.11 Å². The summed E-state index contributed by atoms with van der Waals surface area (Å²) in [6.45, 7) is 0. The maximum atomic E-state index is 11.0. The first-order valence-electron chi connectivity index (χ1n) is 3.75. The Kier molecular flexibility index (Phi) is 4.00. The summed E-state index contributed by atoms with van der Waals surface area (Å²) in [7, 11) is 1.38. The number of hydrogen-bond donors (Lipinski definition) is 0. The fraction of sp³-hybridized carbons (Fsp3) is 0.333. The second-order valence-corrected chi connectivity index (χ2v) is 3.52. The van der Waals surface area contributed by atoms with Crippen molar-refractivity contribution >= 4 is 23.2 Å². The van der Waals surface area contributed by atoms with Gasteiger partial charge >= 0.3 is 0 Å². The molecular weight excluding hydrogens is 211 g/mol. The lowest BCUT2D eigenvalue weighted by molar-refractivity contribution is -0.117. The summed E-state index contributed by atoms with van der Waals surface area (Å²) in [4.78, 5) is 0. The lowest BCUT2D eigenvalue weighted by atomic mass is 10.1. The Morgan fingerprint density at radius 3 is 2.31 bits per heavy atom. The van der Waals surface area contributed by atoms with E-state index in [4.69, 9.17) is 23.2 Å². The van der Waals surface area contributed by atoms with Gasteiger partial charge in [0.2, 0.25) is 0 Å². The number of ether oxygens (including phenoxy) is 1. The largest absolute Gasteiger partial charge is 0.353 e. The Bertz CT molecular complexity index is 269. The van der Waals surface area contributed by atoms with Crippen LogP contribution in [0.1, 0.15) is 5.56 Å². The molecule has 0 spiro atoms. The van der Waals surface area contributed by atoms with E-state index in [1.807, 2.05) is 0 Å². The van der Waals surface area contributed by atoms with Crippen molar-refractivity contribution in [1.29, 1.82) is 0 Å². The van der Waals surface area contributed by atoms with Gasteiger partial charge in [0.05, 0.1) is 0 Å². The fourth-order valence-electron chi connectivity index (χ4n) is 1.00. The van der Waals surface area contributed by atoms with E-state index in [2.05, 4.69) is 4.74 Å². The summed E-state index contributed by atoms with van der Waals surface area (Å²) in [5.41, 5.74) is 0.791. The van der Waals surface area contributed by atoms with Crippen molar-refractivity contribution in [2.24, 2.45) is 0 Å². The van der Waals surface area contributed by atoms with Gasteiger partial charge in [-0.15, -0.1) is 0 Å². The molecule has 1 atom stereocenters. The molecular formula is C9H9Cl2O2. The maximum absolute atomic E-state index is 11.0. The lowest BCUT2D eigenvalue weighted by Gasteiger charge is -2.06. The highest BCUT2D eigenvalue weighted by Crippen LogP contribution is 2.20. The molecule has 0 aliphatic heterocycles. The Balaban J connectivity index is 2.77. The Labute approximate surface area is 87.0 Å². The molecule has 0 heterocycles. The molecule has 0 aliphatic rings. The molecule has 1 rings (SSSR count). The van der Waals surface area contributed by atoms with Gasteiger partial charge in [0.1, 0.15) is 0 Å². The minimum atomic E-state index is -1.06. The molecule has 13 heavy (non-hydrogen) atoms. The molecule has 4 heteroatoms. The zero-order valence-corrected chi connectivity index (χ0v) is 8.60. The second-order valence-electron chi connectivity index (χ2n) is 2.65. The van der Waals surface area contributed by atoms with Crippen LogP contribution < -0.4 is 0 Å². The Morgan fingerprint density at radius 2 is 1.85 bits per heavy atom. The summed E-state index contributed by atoms with van der Waals surface area (Å²) in [5, 5.41) is 12.0. The zero-order chi connectivity index (χ0) is 9.84. The third-order valence-electron chi connectivity index (χ3n) is 1.59. The van der Waals surface area contributed by atoms with Gasteiger partial charge in [0, 0.05) is 23.6 Å². The number of halogens is 2. The number of rotatable bonds is 3. The lowest BCUT2D eigenvalue weighted by Crippen LogP contribution is -2.10. The first kappa shape index (κ1) is 10.8. The molecule has 71 valence electrons. The van der Waals surface area contributed by atoms with Crippen LogP contribution in [0.15, 0.2) is 18.2 Å².